The molecular formula is C12H26N2O4. The quantitative estimate of drug-likeness (QED) is 0.508. The molecule has 0 spiro atoms. The van der Waals surface area contributed by atoms with Crippen molar-refractivity contribution >= 4 is 5.91 Å². The van der Waals surface area contributed by atoms with E-state index in [4.69, 9.17) is 19.9 Å². The average molecular weight is 262 g/mol. The lowest BCUT2D eigenvalue weighted by Gasteiger charge is -2.28. The van der Waals surface area contributed by atoms with E-state index < -0.39 is 5.54 Å². The van der Waals surface area contributed by atoms with Gasteiger partial charge in [0.15, 0.2) is 0 Å². The summed E-state index contributed by atoms with van der Waals surface area (Å²) in [6, 6.07) is 0. The molecule has 0 aromatic carbocycles. The molecule has 0 fully saturated rings. The van der Waals surface area contributed by atoms with E-state index >= 15 is 0 Å². The Kier molecular flexibility index (Phi) is 8.91. The fraction of sp³-hybridized carbons (Fsp3) is 0.917. The number of hydrogen-bond acceptors (Lipinski definition) is 5. The van der Waals surface area contributed by atoms with E-state index in [0.29, 0.717) is 32.8 Å². The molecule has 2 atom stereocenters. The molecule has 0 aliphatic carbocycles. The number of amides is 1. The number of ether oxygens (including phenoxy) is 3. The van der Waals surface area contributed by atoms with Crippen LogP contribution in [-0.2, 0) is 19.0 Å². The number of likely N-dealkylation sites (N-methyl/N-ethyl adjacent to an activating group) is 1. The third kappa shape index (κ3) is 6.90. The van der Waals surface area contributed by atoms with E-state index in [-0.39, 0.29) is 12.0 Å². The number of primary amides is 1. The maximum atomic E-state index is 11.3. The van der Waals surface area contributed by atoms with E-state index in [9.17, 15) is 4.79 Å². The zero-order valence-electron chi connectivity index (χ0n) is 11.8. The van der Waals surface area contributed by atoms with Gasteiger partial charge in [-0.3, -0.25) is 4.79 Å². The lowest BCUT2D eigenvalue weighted by Crippen LogP contribution is -2.53. The highest BCUT2D eigenvalue weighted by atomic mass is 16.5. The zero-order chi connectivity index (χ0) is 14.0. The fourth-order valence-corrected chi connectivity index (χ4v) is 1.51. The molecule has 2 unspecified atom stereocenters. The molecule has 3 N–H and O–H groups in total. The third-order valence-corrected chi connectivity index (χ3v) is 2.85. The van der Waals surface area contributed by atoms with Gasteiger partial charge in [0.05, 0.1) is 38.1 Å². The number of nitrogens with one attached hydrogen (secondary N) is 1. The number of rotatable bonds is 11. The van der Waals surface area contributed by atoms with Gasteiger partial charge in [0.2, 0.25) is 5.91 Å². The van der Waals surface area contributed by atoms with Gasteiger partial charge in [-0.2, -0.15) is 0 Å². The Morgan fingerprint density at radius 1 is 1.33 bits per heavy atom. The first-order chi connectivity index (χ1) is 8.46. The molecule has 0 rings (SSSR count). The molecule has 0 bridgehead atoms. The molecule has 0 aliphatic rings. The Morgan fingerprint density at radius 3 is 2.44 bits per heavy atom. The summed E-state index contributed by atoms with van der Waals surface area (Å²) >= 11 is 0. The normalized spacial score (nSPS) is 16.2. The van der Waals surface area contributed by atoms with Crippen LogP contribution >= 0.6 is 0 Å². The van der Waals surface area contributed by atoms with Crippen LogP contribution in [0.1, 0.15) is 20.3 Å². The summed E-state index contributed by atoms with van der Waals surface area (Å²) in [6.45, 7) is 5.82. The standard InChI is InChI=1S/C12H26N2O4/c1-10(9-12(2,14-3)11(13)15)18-8-7-17-6-5-16-4/h10,14H,5-9H2,1-4H3,(H2,13,15). The van der Waals surface area contributed by atoms with E-state index in [1.807, 2.05) is 6.92 Å². The van der Waals surface area contributed by atoms with Crippen LogP contribution in [0.25, 0.3) is 0 Å². The van der Waals surface area contributed by atoms with Crippen molar-refractivity contribution in [3.05, 3.63) is 0 Å². The van der Waals surface area contributed by atoms with Gasteiger partial charge < -0.3 is 25.3 Å². The minimum atomic E-state index is -0.740. The van der Waals surface area contributed by atoms with Gasteiger partial charge in [0.1, 0.15) is 0 Å². The summed E-state index contributed by atoms with van der Waals surface area (Å²) in [5, 5.41) is 2.92. The van der Waals surface area contributed by atoms with Gasteiger partial charge in [-0.15, -0.1) is 0 Å². The van der Waals surface area contributed by atoms with E-state index in [1.54, 1.807) is 21.1 Å². The fourth-order valence-electron chi connectivity index (χ4n) is 1.51. The second-order valence-electron chi connectivity index (χ2n) is 4.44. The van der Waals surface area contributed by atoms with Crippen molar-refractivity contribution in [1.82, 2.24) is 5.32 Å². The van der Waals surface area contributed by atoms with Crippen molar-refractivity contribution in [3.63, 3.8) is 0 Å². The second kappa shape index (κ2) is 9.27. The van der Waals surface area contributed by atoms with Crippen LogP contribution in [0.4, 0.5) is 0 Å². The van der Waals surface area contributed by atoms with Gasteiger partial charge >= 0.3 is 0 Å². The van der Waals surface area contributed by atoms with Crippen molar-refractivity contribution in [3.8, 4) is 0 Å². The molecule has 0 radical (unpaired) electrons. The summed E-state index contributed by atoms with van der Waals surface area (Å²) in [7, 11) is 3.34. The minimum absolute atomic E-state index is 0.0685. The van der Waals surface area contributed by atoms with Crippen LogP contribution < -0.4 is 11.1 Å². The SMILES string of the molecule is CNC(C)(CC(C)OCCOCCOC)C(N)=O. The van der Waals surface area contributed by atoms with Gasteiger partial charge in [0.25, 0.3) is 0 Å². The first kappa shape index (κ1) is 17.3. The summed E-state index contributed by atoms with van der Waals surface area (Å²) in [5.74, 6) is -0.378. The van der Waals surface area contributed by atoms with Crippen LogP contribution in [0.15, 0.2) is 0 Å². The average Bonchev–Trinajstić information content (AvgIpc) is 2.33. The molecule has 0 aromatic rings. The summed E-state index contributed by atoms with van der Waals surface area (Å²) in [5.41, 5.74) is 4.60. The Morgan fingerprint density at radius 2 is 1.94 bits per heavy atom. The second-order valence-corrected chi connectivity index (χ2v) is 4.44. The molecule has 6 nitrogen and oxygen atoms in total. The first-order valence-corrected chi connectivity index (χ1v) is 6.13. The lowest BCUT2D eigenvalue weighted by molar-refractivity contribution is -0.125. The number of nitrogens with two attached hydrogens (primary N) is 1. The van der Waals surface area contributed by atoms with Crippen molar-refractivity contribution in [2.75, 3.05) is 40.6 Å². The third-order valence-electron chi connectivity index (χ3n) is 2.85. The van der Waals surface area contributed by atoms with Gasteiger partial charge in [-0.25, -0.2) is 0 Å². The van der Waals surface area contributed by atoms with Gasteiger partial charge in [-0.1, -0.05) is 0 Å². The zero-order valence-corrected chi connectivity index (χ0v) is 11.8. The monoisotopic (exact) mass is 262 g/mol. The van der Waals surface area contributed by atoms with Crippen LogP contribution in [-0.4, -0.2) is 58.1 Å². The number of carbonyl (C=O) groups excluding carboxylic acids is 1. The van der Waals surface area contributed by atoms with E-state index in [0.717, 1.165) is 0 Å². The Bertz CT molecular complexity index is 238. The van der Waals surface area contributed by atoms with E-state index in [1.165, 1.54) is 0 Å². The number of hydrogen-bond donors (Lipinski definition) is 2. The van der Waals surface area contributed by atoms with E-state index in [2.05, 4.69) is 5.32 Å². The molecule has 0 heterocycles. The van der Waals surface area contributed by atoms with Crippen LogP contribution in [0.3, 0.4) is 0 Å². The van der Waals surface area contributed by atoms with Crippen LogP contribution in [0, 0.1) is 0 Å². The largest absolute Gasteiger partial charge is 0.382 e. The molecule has 1 amide bonds. The molecule has 0 aliphatic heterocycles. The molecule has 18 heavy (non-hydrogen) atoms. The molecule has 0 saturated heterocycles. The predicted octanol–water partition coefficient (Wildman–Crippen LogP) is -0.0920. The summed E-state index contributed by atoms with van der Waals surface area (Å²) in [6.07, 6.45) is 0.456. The Labute approximate surface area is 109 Å². The predicted molar refractivity (Wildman–Crippen MR) is 69.4 cm³/mol. The highest BCUT2D eigenvalue weighted by molar-refractivity contribution is 5.84. The lowest BCUT2D eigenvalue weighted by atomic mass is 9.94. The number of methoxy groups -OCH3 is 1. The molecular weight excluding hydrogens is 236 g/mol. The first-order valence-electron chi connectivity index (χ1n) is 6.13. The van der Waals surface area contributed by atoms with Gasteiger partial charge in [-0.05, 0) is 20.9 Å². The minimum Gasteiger partial charge on any atom is -0.382 e. The van der Waals surface area contributed by atoms with Crippen LogP contribution in [0.2, 0.25) is 0 Å². The van der Waals surface area contributed by atoms with Crippen molar-refractivity contribution in [2.24, 2.45) is 5.73 Å². The smallest absolute Gasteiger partial charge is 0.237 e. The molecule has 108 valence electrons. The molecule has 0 aromatic heterocycles. The molecule has 6 heteroatoms. The number of carbonyl (C=O) groups is 1. The summed E-state index contributed by atoms with van der Waals surface area (Å²) in [4.78, 5) is 11.3. The van der Waals surface area contributed by atoms with Crippen LogP contribution in [0.5, 0.6) is 0 Å². The highest BCUT2D eigenvalue weighted by Gasteiger charge is 2.31. The Hall–Kier alpha value is -0.690. The highest BCUT2D eigenvalue weighted by Crippen LogP contribution is 2.13. The maximum Gasteiger partial charge on any atom is 0.237 e. The van der Waals surface area contributed by atoms with Crippen molar-refractivity contribution in [2.45, 2.75) is 31.9 Å². The summed E-state index contributed by atoms with van der Waals surface area (Å²) < 4.78 is 15.7. The van der Waals surface area contributed by atoms with Gasteiger partial charge in [0, 0.05) is 13.5 Å². The van der Waals surface area contributed by atoms with Crippen molar-refractivity contribution in [1.29, 1.82) is 0 Å². The topological polar surface area (TPSA) is 82.8 Å². The maximum absolute atomic E-state index is 11.3. The van der Waals surface area contributed by atoms with Crippen molar-refractivity contribution < 1.29 is 19.0 Å². The molecule has 0 saturated carbocycles. The Balaban J connectivity index is 3.76.